The van der Waals surface area contributed by atoms with E-state index in [9.17, 15) is 4.79 Å². The second-order valence-corrected chi connectivity index (χ2v) is 5.36. The number of hydrogen-bond donors (Lipinski definition) is 0. The van der Waals surface area contributed by atoms with E-state index in [4.69, 9.17) is 0 Å². The molecule has 2 aliphatic rings. The fourth-order valence-corrected chi connectivity index (χ4v) is 2.96. The van der Waals surface area contributed by atoms with Crippen LogP contribution in [0.5, 0.6) is 0 Å². The predicted octanol–water partition coefficient (Wildman–Crippen LogP) is 2.62. The molecule has 2 rings (SSSR count). The zero-order valence-corrected chi connectivity index (χ0v) is 9.87. The Kier molecular flexibility index (Phi) is 3.79. The van der Waals surface area contributed by atoms with Crippen LogP contribution in [-0.4, -0.2) is 29.8 Å². The molecule has 0 N–H and O–H groups in total. The molecule has 1 heterocycles. The van der Waals surface area contributed by atoms with Crippen molar-refractivity contribution in [2.45, 2.75) is 57.9 Å². The van der Waals surface area contributed by atoms with Crippen LogP contribution in [0.15, 0.2) is 0 Å². The topological polar surface area (TPSA) is 20.3 Å². The number of carbonyl (C=O) groups is 1. The second kappa shape index (κ2) is 5.11. The van der Waals surface area contributed by atoms with Gasteiger partial charge in [0, 0.05) is 18.9 Å². The molecule has 0 amide bonds. The summed E-state index contributed by atoms with van der Waals surface area (Å²) in [4.78, 5) is 14.0. The van der Waals surface area contributed by atoms with Crippen molar-refractivity contribution < 1.29 is 4.79 Å². The van der Waals surface area contributed by atoms with E-state index >= 15 is 0 Å². The molecule has 2 heteroatoms. The Morgan fingerprint density at radius 2 is 2.00 bits per heavy atom. The molecule has 0 spiro atoms. The lowest BCUT2D eigenvalue weighted by molar-refractivity contribution is -0.122. The van der Waals surface area contributed by atoms with E-state index in [0.29, 0.717) is 11.8 Å². The minimum atomic E-state index is 0.489. The molecule has 2 atom stereocenters. The van der Waals surface area contributed by atoms with E-state index < -0.39 is 0 Å². The van der Waals surface area contributed by atoms with Gasteiger partial charge in [-0.25, -0.2) is 0 Å². The van der Waals surface area contributed by atoms with Crippen LogP contribution in [0.2, 0.25) is 0 Å². The minimum absolute atomic E-state index is 0.489. The molecule has 0 aromatic heterocycles. The highest BCUT2D eigenvalue weighted by molar-refractivity contribution is 5.79. The number of Topliss-reactive ketones (excluding diaryl/α,β-unsaturated/α-hetero) is 1. The van der Waals surface area contributed by atoms with Gasteiger partial charge in [-0.05, 0) is 51.1 Å². The third-order valence-electron chi connectivity index (χ3n) is 4.02. The summed E-state index contributed by atoms with van der Waals surface area (Å²) in [6.07, 6.45) is 8.05. The monoisotopic (exact) mass is 209 g/mol. The molecule has 2 fully saturated rings. The van der Waals surface area contributed by atoms with Crippen LogP contribution in [0.4, 0.5) is 0 Å². The fourth-order valence-electron chi connectivity index (χ4n) is 2.96. The summed E-state index contributed by atoms with van der Waals surface area (Å²) >= 11 is 0. The van der Waals surface area contributed by atoms with Crippen molar-refractivity contribution in [3.8, 4) is 0 Å². The average molecular weight is 209 g/mol. The van der Waals surface area contributed by atoms with Crippen LogP contribution in [0, 0.1) is 5.92 Å². The van der Waals surface area contributed by atoms with Gasteiger partial charge in [-0.15, -0.1) is 0 Å². The molecule has 15 heavy (non-hydrogen) atoms. The third-order valence-corrected chi connectivity index (χ3v) is 4.02. The molecule has 2 unspecified atom stereocenters. The smallest absolute Gasteiger partial charge is 0.134 e. The standard InChI is InChI=1S/C13H23NO/c1-11-4-3-8-14(9-7-11)12-5-2-6-13(15)10-12/h11-12H,2-10H2,1H3. The molecule has 1 saturated heterocycles. The maximum atomic E-state index is 11.4. The van der Waals surface area contributed by atoms with Crippen LogP contribution in [0.1, 0.15) is 51.9 Å². The van der Waals surface area contributed by atoms with Gasteiger partial charge in [0.15, 0.2) is 0 Å². The first-order valence-corrected chi connectivity index (χ1v) is 6.51. The van der Waals surface area contributed by atoms with E-state index in [-0.39, 0.29) is 0 Å². The number of rotatable bonds is 1. The van der Waals surface area contributed by atoms with Crippen LogP contribution >= 0.6 is 0 Å². The molecule has 0 aromatic rings. The molecule has 0 bridgehead atoms. The van der Waals surface area contributed by atoms with Crippen molar-refractivity contribution >= 4 is 5.78 Å². The van der Waals surface area contributed by atoms with Crippen molar-refractivity contribution in [3.05, 3.63) is 0 Å². The number of hydrogen-bond acceptors (Lipinski definition) is 2. The maximum Gasteiger partial charge on any atom is 0.134 e. The number of nitrogens with zero attached hydrogens (tertiary/aromatic N) is 1. The van der Waals surface area contributed by atoms with E-state index in [1.807, 2.05) is 0 Å². The molecule has 2 nitrogen and oxygen atoms in total. The van der Waals surface area contributed by atoms with E-state index in [0.717, 1.165) is 25.2 Å². The molecule has 0 radical (unpaired) electrons. The Balaban J connectivity index is 1.88. The van der Waals surface area contributed by atoms with Gasteiger partial charge in [0.2, 0.25) is 0 Å². The Bertz CT molecular complexity index is 227. The largest absolute Gasteiger partial charge is 0.300 e. The normalized spacial score (nSPS) is 35.1. The number of carbonyl (C=O) groups excluding carboxylic acids is 1. The second-order valence-electron chi connectivity index (χ2n) is 5.36. The Morgan fingerprint density at radius 3 is 2.80 bits per heavy atom. The molecule has 86 valence electrons. The van der Waals surface area contributed by atoms with Gasteiger partial charge in [0.1, 0.15) is 5.78 Å². The molecule has 1 saturated carbocycles. The van der Waals surface area contributed by atoms with Gasteiger partial charge in [0.05, 0.1) is 0 Å². The average Bonchev–Trinajstić information content (AvgIpc) is 2.43. The highest BCUT2D eigenvalue weighted by atomic mass is 16.1. The first kappa shape index (κ1) is 11.1. The Morgan fingerprint density at radius 1 is 1.13 bits per heavy atom. The van der Waals surface area contributed by atoms with Crippen molar-refractivity contribution in [1.82, 2.24) is 4.90 Å². The summed E-state index contributed by atoms with van der Waals surface area (Å²) in [6, 6.07) is 0.580. The van der Waals surface area contributed by atoms with Crippen molar-refractivity contribution in [1.29, 1.82) is 0 Å². The van der Waals surface area contributed by atoms with Crippen LogP contribution in [-0.2, 0) is 4.79 Å². The summed E-state index contributed by atoms with van der Waals surface area (Å²) in [5.41, 5.74) is 0. The van der Waals surface area contributed by atoms with Gasteiger partial charge in [0.25, 0.3) is 0 Å². The summed E-state index contributed by atoms with van der Waals surface area (Å²) < 4.78 is 0. The lowest BCUT2D eigenvalue weighted by atomic mass is 9.93. The lowest BCUT2D eigenvalue weighted by Gasteiger charge is -2.32. The Labute approximate surface area is 93.0 Å². The highest BCUT2D eigenvalue weighted by Crippen LogP contribution is 2.24. The van der Waals surface area contributed by atoms with Crippen molar-refractivity contribution in [3.63, 3.8) is 0 Å². The van der Waals surface area contributed by atoms with Gasteiger partial charge in [-0.3, -0.25) is 9.69 Å². The summed E-state index contributed by atoms with van der Waals surface area (Å²) in [5, 5.41) is 0. The number of likely N-dealkylation sites (tertiary alicyclic amines) is 1. The van der Waals surface area contributed by atoms with Gasteiger partial charge < -0.3 is 0 Å². The lowest BCUT2D eigenvalue weighted by Crippen LogP contribution is -2.39. The summed E-state index contributed by atoms with van der Waals surface area (Å²) in [7, 11) is 0. The third kappa shape index (κ3) is 3.04. The van der Waals surface area contributed by atoms with Gasteiger partial charge in [-0.2, -0.15) is 0 Å². The predicted molar refractivity (Wildman–Crippen MR) is 61.9 cm³/mol. The zero-order chi connectivity index (χ0) is 10.7. The first-order valence-electron chi connectivity index (χ1n) is 6.51. The van der Waals surface area contributed by atoms with Gasteiger partial charge >= 0.3 is 0 Å². The molecule has 1 aliphatic carbocycles. The molecular formula is C13H23NO. The molecular weight excluding hydrogens is 186 g/mol. The Hall–Kier alpha value is -0.370. The highest BCUT2D eigenvalue weighted by Gasteiger charge is 2.26. The van der Waals surface area contributed by atoms with Crippen molar-refractivity contribution in [2.75, 3.05) is 13.1 Å². The minimum Gasteiger partial charge on any atom is -0.300 e. The van der Waals surface area contributed by atoms with Crippen LogP contribution in [0.3, 0.4) is 0 Å². The SMILES string of the molecule is CC1CCCN(C2CCCC(=O)C2)CC1. The molecule has 0 aromatic carbocycles. The maximum absolute atomic E-state index is 11.4. The van der Waals surface area contributed by atoms with Crippen LogP contribution in [0.25, 0.3) is 0 Å². The van der Waals surface area contributed by atoms with E-state index in [2.05, 4.69) is 11.8 Å². The first-order chi connectivity index (χ1) is 7.25. The zero-order valence-electron chi connectivity index (χ0n) is 9.87. The van der Waals surface area contributed by atoms with Crippen molar-refractivity contribution in [2.24, 2.45) is 5.92 Å². The van der Waals surface area contributed by atoms with E-state index in [1.54, 1.807) is 0 Å². The van der Waals surface area contributed by atoms with E-state index in [1.165, 1.54) is 38.8 Å². The summed E-state index contributed by atoms with van der Waals surface area (Å²) in [6.45, 7) is 4.80. The molecule has 1 aliphatic heterocycles. The summed E-state index contributed by atoms with van der Waals surface area (Å²) in [5.74, 6) is 1.37. The fraction of sp³-hybridized carbons (Fsp3) is 0.923. The van der Waals surface area contributed by atoms with Gasteiger partial charge in [-0.1, -0.05) is 6.92 Å². The number of ketones is 1. The van der Waals surface area contributed by atoms with Crippen LogP contribution < -0.4 is 0 Å². The quantitative estimate of drug-likeness (QED) is 0.661.